The first kappa shape index (κ1) is 21.3. The predicted octanol–water partition coefficient (Wildman–Crippen LogP) is 4.19. The molecular weight excluding hydrogens is 430 g/mol. The summed E-state index contributed by atoms with van der Waals surface area (Å²) in [6, 6.07) is 14.3. The molecule has 0 atom stereocenters. The lowest BCUT2D eigenvalue weighted by atomic mass is 10.2. The smallest absolute Gasteiger partial charge is 0.363 e. The molecule has 0 unspecified atom stereocenters. The first-order valence-corrected chi connectivity index (χ1v) is 10.4. The number of esters is 1. The number of rotatable bonds is 6. The van der Waals surface area contributed by atoms with Crippen LogP contribution in [0, 0.1) is 0 Å². The Balaban J connectivity index is 1.64. The first-order chi connectivity index (χ1) is 15.5. The van der Waals surface area contributed by atoms with E-state index in [0.717, 1.165) is 0 Å². The Kier molecular flexibility index (Phi) is 6.00. The zero-order chi connectivity index (χ0) is 22.7. The molecule has 9 heteroatoms. The monoisotopic (exact) mass is 449 g/mol. The minimum atomic E-state index is -0.595. The highest BCUT2D eigenvalue weighted by Gasteiger charge is 2.26. The Labute approximate surface area is 188 Å². The zero-order valence-corrected chi connectivity index (χ0v) is 18.4. The minimum absolute atomic E-state index is 0.104. The van der Waals surface area contributed by atoms with Gasteiger partial charge >= 0.3 is 5.97 Å². The highest BCUT2D eigenvalue weighted by atomic mass is 32.1. The standard InChI is InChI=1S/C23H19N3O5S/c1-14(27)26(17-7-5-4-6-8-17)23-24-16(13-32-23)11-20-22(28)31-21(25-20)15-9-18(29-2)12-19(10-15)30-3/h4-13H,1-3H3. The van der Waals surface area contributed by atoms with Gasteiger partial charge in [0.2, 0.25) is 11.8 Å². The molecular formula is C23H19N3O5S. The van der Waals surface area contributed by atoms with Crippen LogP contribution in [0.1, 0.15) is 18.2 Å². The number of carbonyl (C=O) groups is 2. The van der Waals surface area contributed by atoms with Gasteiger partial charge in [0, 0.05) is 23.9 Å². The van der Waals surface area contributed by atoms with Crippen LogP contribution in [0.3, 0.4) is 0 Å². The summed E-state index contributed by atoms with van der Waals surface area (Å²) in [6.07, 6.45) is 1.52. The largest absolute Gasteiger partial charge is 0.497 e. The zero-order valence-electron chi connectivity index (χ0n) is 17.6. The lowest BCUT2D eigenvalue weighted by Gasteiger charge is -2.17. The maximum Gasteiger partial charge on any atom is 0.363 e. The van der Waals surface area contributed by atoms with E-state index in [4.69, 9.17) is 14.2 Å². The molecule has 0 saturated carbocycles. The van der Waals surface area contributed by atoms with Gasteiger partial charge in [0.05, 0.1) is 25.6 Å². The second-order valence-electron chi connectivity index (χ2n) is 6.68. The van der Waals surface area contributed by atoms with Crippen molar-refractivity contribution in [3.63, 3.8) is 0 Å². The lowest BCUT2D eigenvalue weighted by molar-refractivity contribution is -0.130. The van der Waals surface area contributed by atoms with E-state index in [0.29, 0.717) is 33.6 Å². The highest BCUT2D eigenvalue weighted by molar-refractivity contribution is 7.14. The van der Waals surface area contributed by atoms with Crippen molar-refractivity contribution in [2.24, 2.45) is 4.99 Å². The second kappa shape index (κ2) is 9.03. The number of anilines is 2. The van der Waals surface area contributed by atoms with E-state index < -0.39 is 5.97 Å². The molecule has 1 aliphatic heterocycles. The van der Waals surface area contributed by atoms with E-state index in [2.05, 4.69) is 9.98 Å². The molecule has 0 saturated heterocycles. The third-order valence-electron chi connectivity index (χ3n) is 4.53. The number of methoxy groups -OCH3 is 2. The maximum atomic E-state index is 12.4. The Bertz CT molecular complexity index is 1210. The van der Waals surface area contributed by atoms with E-state index in [1.54, 1.807) is 23.6 Å². The number of cyclic esters (lactones) is 1. The van der Waals surface area contributed by atoms with Crippen molar-refractivity contribution in [3.05, 3.63) is 70.9 Å². The minimum Gasteiger partial charge on any atom is -0.497 e. The normalized spacial score (nSPS) is 14.2. The summed E-state index contributed by atoms with van der Waals surface area (Å²) >= 11 is 1.29. The topological polar surface area (TPSA) is 90.3 Å². The fraction of sp³-hybridized carbons (Fsp3) is 0.130. The van der Waals surface area contributed by atoms with Gasteiger partial charge in [0.15, 0.2) is 10.8 Å². The Morgan fingerprint density at radius 2 is 1.78 bits per heavy atom. The van der Waals surface area contributed by atoms with Gasteiger partial charge < -0.3 is 14.2 Å². The Morgan fingerprint density at radius 1 is 1.09 bits per heavy atom. The van der Waals surface area contributed by atoms with Gasteiger partial charge in [-0.25, -0.2) is 14.8 Å². The predicted molar refractivity (Wildman–Crippen MR) is 122 cm³/mol. The van der Waals surface area contributed by atoms with Crippen LogP contribution in [-0.2, 0) is 14.3 Å². The van der Waals surface area contributed by atoms with E-state index in [9.17, 15) is 9.59 Å². The Hall–Kier alpha value is -3.98. The first-order valence-electron chi connectivity index (χ1n) is 9.56. The molecule has 2 aromatic carbocycles. The molecule has 4 rings (SSSR count). The molecule has 0 spiro atoms. The second-order valence-corrected chi connectivity index (χ2v) is 7.52. The number of carbonyl (C=O) groups excluding carboxylic acids is 2. The summed E-state index contributed by atoms with van der Waals surface area (Å²) in [7, 11) is 3.07. The SMILES string of the molecule is COc1cc(OC)cc(C2=NC(=Cc3csc(N(C(C)=O)c4ccccc4)n3)C(=O)O2)c1. The number of para-hydroxylation sites is 1. The van der Waals surface area contributed by atoms with Crippen LogP contribution in [0.15, 0.2) is 64.6 Å². The fourth-order valence-electron chi connectivity index (χ4n) is 3.05. The van der Waals surface area contributed by atoms with Crippen LogP contribution in [0.4, 0.5) is 10.8 Å². The quantitative estimate of drug-likeness (QED) is 0.414. The van der Waals surface area contributed by atoms with Crippen molar-refractivity contribution in [1.82, 2.24) is 4.98 Å². The van der Waals surface area contributed by atoms with Crippen LogP contribution < -0.4 is 14.4 Å². The number of nitrogens with zero attached hydrogens (tertiary/aromatic N) is 3. The van der Waals surface area contributed by atoms with Crippen molar-refractivity contribution in [3.8, 4) is 11.5 Å². The Morgan fingerprint density at radius 3 is 2.41 bits per heavy atom. The van der Waals surface area contributed by atoms with E-state index in [1.807, 2.05) is 30.3 Å². The summed E-state index contributed by atoms with van der Waals surface area (Å²) in [5.74, 6) is 0.471. The number of benzene rings is 2. The van der Waals surface area contributed by atoms with Gasteiger partial charge in [-0.15, -0.1) is 11.3 Å². The summed E-state index contributed by atoms with van der Waals surface area (Å²) in [5.41, 5.74) is 1.85. The van der Waals surface area contributed by atoms with Crippen molar-refractivity contribution >= 4 is 46.0 Å². The van der Waals surface area contributed by atoms with Crippen LogP contribution in [0.25, 0.3) is 6.08 Å². The van der Waals surface area contributed by atoms with Crippen molar-refractivity contribution in [2.45, 2.75) is 6.92 Å². The number of aromatic nitrogens is 1. The van der Waals surface area contributed by atoms with Crippen LogP contribution in [0.5, 0.6) is 11.5 Å². The molecule has 1 amide bonds. The number of thiazole rings is 1. The number of aliphatic imine (C=N–C) groups is 1. The summed E-state index contributed by atoms with van der Waals surface area (Å²) in [5, 5.41) is 2.24. The maximum absolute atomic E-state index is 12.4. The molecule has 0 radical (unpaired) electrons. The van der Waals surface area contributed by atoms with Crippen LogP contribution in [0.2, 0.25) is 0 Å². The number of amides is 1. The van der Waals surface area contributed by atoms with Gasteiger partial charge in [-0.2, -0.15) is 0 Å². The molecule has 162 valence electrons. The average Bonchev–Trinajstić information content (AvgIpc) is 3.41. The molecule has 1 aliphatic rings. The summed E-state index contributed by atoms with van der Waals surface area (Å²) in [6.45, 7) is 1.47. The molecule has 0 bridgehead atoms. The molecule has 3 aromatic rings. The molecule has 0 fully saturated rings. The summed E-state index contributed by atoms with van der Waals surface area (Å²) in [4.78, 5) is 34.9. The summed E-state index contributed by atoms with van der Waals surface area (Å²) < 4.78 is 15.8. The van der Waals surface area contributed by atoms with E-state index in [1.165, 1.54) is 43.5 Å². The van der Waals surface area contributed by atoms with E-state index >= 15 is 0 Å². The lowest BCUT2D eigenvalue weighted by Crippen LogP contribution is -2.22. The molecule has 1 aromatic heterocycles. The highest BCUT2D eigenvalue weighted by Crippen LogP contribution is 2.30. The molecule has 2 heterocycles. The molecule has 0 N–H and O–H groups in total. The van der Waals surface area contributed by atoms with Gasteiger partial charge in [0.1, 0.15) is 11.5 Å². The van der Waals surface area contributed by atoms with Gasteiger partial charge in [-0.05, 0) is 30.3 Å². The van der Waals surface area contributed by atoms with Crippen molar-refractivity contribution in [1.29, 1.82) is 0 Å². The molecule has 8 nitrogen and oxygen atoms in total. The van der Waals surface area contributed by atoms with Crippen molar-refractivity contribution in [2.75, 3.05) is 19.1 Å². The van der Waals surface area contributed by atoms with E-state index in [-0.39, 0.29) is 17.5 Å². The molecule has 0 aliphatic carbocycles. The van der Waals surface area contributed by atoms with Crippen LogP contribution in [-0.4, -0.2) is 37.0 Å². The van der Waals surface area contributed by atoms with Gasteiger partial charge in [0.25, 0.3) is 0 Å². The third kappa shape index (κ3) is 4.37. The van der Waals surface area contributed by atoms with Gasteiger partial charge in [-0.1, -0.05) is 18.2 Å². The van der Waals surface area contributed by atoms with Crippen molar-refractivity contribution < 1.29 is 23.8 Å². The fourth-order valence-corrected chi connectivity index (χ4v) is 3.90. The molecule has 32 heavy (non-hydrogen) atoms. The number of hydrogen-bond acceptors (Lipinski definition) is 8. The number of ether oxygens (including phenoxy) is 3. The van der Waals surface area contributed by atoms with Gasteiger partial charge in [-0.3, -0.25) is 9.69 Å². The number of hydrogen-bond donors (Lipinski definition) is 0. The average molecular weight is 449 g/mol. The van der Waals surface area contributed by atoms with Crippen LogP contribution >= 0.6 is 11.3 Å². The third-order valence-corrected chi connectivity index (χ3v) is 5.38.